The van der Waals surface area contributed by atoms with Crippen LogP contribution in [0.5, 0.6) is 5.75 Å². The van der Waals surface area contributed by atoms with Crippen molar-refractivity contribution < 1.29 is 9.53 Å². The van der Waals surface area contributed by atoms with Crippen LogP contribution in [0.2, 0.25) is 0 Å². The summed E-state index contributed by atoms with van der Waals surface area (Å²) in [5.74, 6) is 0.702. The van der Waals surface area contributed by atoms with Gasteiger partial charge in [0.15, 0.2) is 0 Å². The lowest BCUT2D eigenvalue weighted by Crippen LogP contribution is -2.26. The van der Waals surface area contributed by atoms with E-state index < -0.39 is 0 Å². The molecule has 1 amide bonds. The minimum Gasteiger partial charge on any atom is -0.494 e. The van der Waals surface area contributed by atoms with Crippen molar-refractivity contribution in [1.82, 2.24) is 10.3 Å². The molecule has 0 radical (unpaired) electrons. The molecule has 0 spiro atoms. The molecule has 0 saturated heterocycles. The molecule has 0 saturated carbocycles. The summed E-state index contributed by atoms with van der Waals surface area (Å²) < 4.78 is 5.87. The first-order chi connectivity index (χ1) is 13.7. The number of hydrogen-bond donors (Lipinski definition) is 2. The van der Waals surface area contributed by atoms with Crippen molar-refractivity contribution in [1.29, 1.82) is 0 Å². The number of thiazole rings is 1. The van der Waals surface area contributed by atoms with Gasteiger partial charge in [0.1, 0.15) is 16.5 Å². The average molecular weight is 432 g/mol. The predicted molar refractivity (Wildman–Crippen MR) is 120 cm³/mol. The summed E-state index contributed by atoms with van der Waals surface area (Å²) in [6.45, 7) is 1.59. The quantitative estimate of drug-likeness (QED) is 0.475. The number of aromatic nitrogens is 1. The smallest absolute Gasteiger partial charge is 0.270 e. The van der Waals surface area contributed by atoms with E-state index >= 15 is 0 Å². The molecule has 0 fully saturated rings. The number of nitrogens with zero attached hydrogens (tertiary/aromatic N) is 1. The van der Waals surface area contributed by atoms with E-state index in [1.165, 1.54) is 16.9 Å². The molecule has 3 rings (SSSR count). The molecule has 3 aromatic rings. The first-order valence-electron chi connectivity index (χ1n) is 9.43. The fourth-order valence-electron chi connectivity index (χ4n) is 2.82. The van der Waals surface area contributed by atoms with Crippen LogP contribution in [0.3, 0.4) is 0 Å². The summed E-state index contributed by atoms with van der Waals surface area (Å²) in [5, 5.41) is 5.40. The average Bonchev–Trinajstić information content (AvgIpc) is 3.22. The Morgan fingerprint density at radius 1 is 1.07 bits per heavy atom. The Bertz CT molecular complexity index is 887. The van der Waals surface area contributed by atoms with Gasteiger partial charge in [-0.3, -0.25) is 4.79 Å². The standard InChI is InChI=1S/C22H25N3O2S.ClH/c23-15-21-25-20(16-28-21)22(26)24-12-11-18-8-4-10-19(14-18)27-13-5-9-17-6-2-1-3-7-17;/h1-4,6-8,10,14,16H,5,9,11-13,15,23H2,(H,24,26);1H. The highest BCUT2D eigenvalue weighted by Crippen LogP contribution is 2.15. The number of carbonyl (C=O) groups is 1. The first kappa shape index (κ1) is 22.9. The molecule has 0 aliphatic rings. The Balaban J connectivity index is 0.00000300. The molecule has 3 N–H and O–H groups in total. The Morgan fingerprint density at radius 2 is 1.86 bits per heavy atom. The third-order valence-corrected chi connectivity index (χ3v) is 5.15. The topological polar surface area (TPSA) is 77.2 Å². The highest BCUT2D eigenvalue weighted by atomic mass is 35.5. The van der Waals surface area contributed by atoms with Crippen molar-refractivity contribution in [2.75, 3.05) is 13.2 Å². The second-order valence-electron chi connectivity index (χ2n) is 6.42. The SMILES string of the molecule is Cl.NCc1nc(C(=O)NCCc2cccc(OCCCc3ccccc3)c2)cs1. The summed E-state index contributed by atoms with van der Waals surface area (Å²) in [4.78, 5) is 16.3. The molecule has 0 aliphatic heterocycles. The van der Waals surface area contributed by atoms with Crippen LogP contribution in [-0.2, 0) is 19.4 Å². The van der Waals surface area contributed by atoms with Crippen LogP contribution < -0.4 is 15.8 Å². The lowest BCUT2D eigenvalue weighted by Gasteiger charge is -2.09. The van der Waals surface area contributed by atoms with Crippen molar-refractivity contribution in [3.8, 4) is 5.75 Å². The number of amides is 1. The molecule has 0 unspecified atom stereocenters. The highest BCUT2D eigenvalue weighted by molar-refractivity contribution is 7.09. The number of halogens is 1. The van der Waals surface area contributed by atoms with E-state index in [0.717, 1.165) is 35.6 Å². The normalized spacial score (nSPS) is 10.2. The van der Waals surface area contributed by atoms with E-state index in [2.05, 4.69) is 34.6 Å². The molecular weight excluding hydrogens is 406 g/mol. The second-order valence-corrected chi connectivity index (χ2v) is 7.36. The molecule has 7 heteroatoms. The summed E-state index contributed by atoms with van der Waals surface area (Å²) in [7, 11) is 0. The van der Waals surface area contributed by atoms with Crippen molar-refractivity contribution in [3.05, 3.63) is 81.8 Å². The molecule has 2 aromatic carbocycles. The molecular formula is C22H26ClN3O2S. The summed E-state index contributed by atoms with van der Waals surface area (Å²) >= 11 is 1.40. The lowest BCUT2D eigenvalue weighted by atomic mass is 10.1. The molecule has 29 heavy (non-hydrogen) atoms. The van der Waals surface area contributed by atoms with Crippen LogP contribution in [-0.4, -0.2) is 24.0 Å². The van der Waals surface area contributed by atoms with Crippen molar-refractivity contribution >= 4 is 29.7 Å². The number of hydrogen-bond acceptors (Lipinski definition) is 5. The van der Waals surface area contributed by atoms with Gasteiger partial charge in [0.05, 0.1) is 6.61 Å². The Kier molecular flexibility index (Phi) is 9.64. The number of aryl methyl sites for hydroxylation is 1. The highest BCUT2D eigenvalue weighted by Gasteiger charge is 2.09. The van der Waals surface area contributed by atoms with Crippen LogP contribution in [0.25, 0.3) is 0 Å². The molecule has 0 bridgehead atoms. The second kappa shape index (κ2) is 12.2. The number of carbonyl (C=O) groups excluding carboxylic acids is 1. The van der Waals surface area contributed by atoms with Crippen LogP contribution in [0.1, 0.15) is 33.0 Å². The molecule has 0 atom stereocenters. The number of ether oxygens (including phenoxy) is 1. The van der Waals surface area contributed by atoms with Crippen molar-refractivity contribution in [2.45, 2.75) is 25.8 Å². The fraction of sp³-hybridized carbons (Fsp3) is 0.273. The maximum absolute atomic E-state index is 12.1. The van der Waals surface area contributed by atoms with Gasteiger partial charge in [0, 0.05) is 18.5 Å². The van der Waals surface area contributed by atoms with Crippen LogP contribution in [0.4, 0.5) is 0 Å². The van der Waals surface area contributed by atoms with E-state index in [4.69, 9.17) is 10.5 Å². The van der Waals surface area contributed by atoms with E-state index in [1.54, 1.807) is 5.38 Å². The predicted octanol–water partition coefficient (Wildman–Crippen LogP) is 4.01. The van der Waals surface area contributed by atoms with E-state index in [9.17, 15) is 4.79 Å². The van der Waals surface area contributed by atoms with E-state index in [0.29, 0.717) is 25.4 Å². The number of rotatable bonds is 10. The zero-order valence-corrected chi connectivity index (χ0v) is 17.8. The summed E-state index contributed by atoms with van der Waals surface area (Å²) in [6, 6.07) is 18.4. The summed E-state index contributed by atoms with van der Waals surface area (Å²) in [5.41, 5.74) is 8.42. The molecule has 1 aromatic heterocycles. The molecule has 154 valence electrons. The number of benzene rings is 2. The van der Waals surface area contributed by atoms with Crippen LogP contribution in [0.15, 0.2) is 60.0 Å². The Labute approximate surface area is 181 Å². The number of nitrogens with two attached hydrogens (primary N) is 1. The first-order valence-corrected chi connectivity index (χ1v) is 10.3. The van der Waals surface area contributed by atoms with Gasteiger partial charge in [-0.2, -0.15) is 0 Å². The summed E-state index contributed by atoms with van der Waals surface area (Å²) in [6.07, 6.45) is 2.72. The van der Waals surface area contributed by atoms with Crippen LogP contribution >= 0.6 is 23.7 Å². The van der Waals surface area contributed by atoms with E-state index in [-0.39, 0.29) is 18.3 Å². The third kappa shape index (κ3) is 7.49. The molecule has 1 heterocycles. The van der Waals surface area contributed by atoms with Gasteiger partial charge in [-0.25, -0.2) is 4.98 Å². The minimum atomic E-state index is -0.163. The molecule has 5 nitrogen and oxygen atoms in total. The zero-order chi connectivity index (χ0) is 19.6. The Morgan fingerprint density at radius 3 is 2.62 bits per heavy atom. The molecule has 0 aliphatic carbocycles. The van der Waals surface area contributed by atoms with Gasteiger partial charge >= 0.3 is 0 Å². The monoisotopic (exact) mass is 431 g/mol. The lowest BCUT2D eigenvalue weighted by molar-refractivity contribution is 0.0949. The maximum atomic E-state index is 12.1. The van der Waals surface area contributed by atoms with Gasteiger partial charge in [-0.1, -0.05) is 42.5 Å². The van der Waals surface area contributed by atoms with E-state index in [1.807, 2.05) is 30.3 Å². The van der Waals surface area contributed by atoms with Crippen molar-refractivity contribution in [3.63, 3.8) is 0 Å². The van der Waals surface area contributed by atoms with Gasteiger partial charge in [-0.15, -0.1) is 23.7 Å². The Hall–Kier alpha value is -2.41. The fourth-order valence-corrected chi connectivity index (χ4v) is 3.48. The van der Waals surface area contributed by atoms with Crippen molar-refractivity contribution in [2.24, 2.45) is 5.73 Å². The number of nitrogens with one attached hydrogen (secondary N) is 1. The van der Waals surface area contributed by atoms with Gasteiger partial charge in [0.2, 0.25) is 0 Å². The zero-order valence-electron chi connectivity index (χ0n) is 16.2. The maximum Gasteiger partial charge on any atom is 0.270 e. The third-order valence-electron chi connectivity index (χ3n) is 4.28. The minimum absolute atomic E-state index is 0. The van der Waals surface area contributed by atoms with Crippen LogP contribution in [0, 0.1) is 0 Å². The van der Waals surface area contributed by atoms with Gasteiger partial charge < -0.3 is 15.8 Å². The largest absolute Gasteiger partial charge is 0.494 e. The van der Waals surface area contributed by atoms with Gasteiger partial charge in [0.25, 0.3) is 5.91 Å². The van der Waals surface area contributed by atoms with Gasteiger partial charge in [-0.05, 0) is 42.5 Å².